The lowest BCUT2D eigenvalue weighted by Gasteiger charge is -2.14. The molecule has 0 aliphatic carbocycles. The second-order valence-corrected chi connectivity index (χ2v) is 11.7. The molecule has 0 unspecified atom stereocenters. The van der Waals surface area contributed by atoms with Crippen LogP contribution in [0.25, 0.3) is 93.9 Å². The maximum Gasteiger partial charge on any atom is 0.161 e. The topological polar surface area (TPSA) is 80.8 Å². The van der Waals surface area contributed by atoms with E-state index in [-0.39, 0.29) is 0 Å². The van der Waals surface area contributed by atoms with Gasteiger partial charge in [-0.05, 0) is 90.0 Å². The van der Waals surface area contributed by atoms with E-state index < -0.39 is 0 Å². The summed E-state index contributed by atoms with van der Waals surface area (Å²) in [5.74, 6) is 0. The monoisotopic (exact) mass is 602 g/mol. The fourth-order valence-corrected chi connectivity index (χ4v) is 7.04. The fourth-order valence-electron chi connectivity index (χ4n) is 7.04. The molecule has 0 amide bonds. The van der Waals surface area contributed by atoms with Crippen LogP contribution in [-0.4, -0.2) is 14.5 Å². The van der Waals surface area contributed by atoms with E-state index in [1.165, 1.54) is 0 Å². The number of hydrogen-bond acceptors (Lipinski definition) is 5. The van der Waals surface area contributed by atoms with Gasteiger partial charge < -0.3 is 13.4 Å². The lowest BCUT2D eigenvalue weighted by Crippen LogP contribution is -1.96. The Morgan fingerprint density at radius 2 is 1.09 bits per heavy atom. The van der Waals surface area contributed by atoms with Crippen molar-refractivity contribution in [3.63, 3.8) is 0 Å². The molecule has 0 atom stereocenters. The van der Waals surface area contributed by atoms with E-state index in [4.69, 9.17) is 18.8 Å². The highest BCUT2D eigenvalue weighted by molar-refractivity contribution is 6.11. The van der Waals surface area contributed by atoms with Gasteiger partial charge in [0.1, 0.15) is 22.2 Å². The van der Waals surface area contributed by atoms with Crippen molar-refractivity contribution in [1.29, 1.82) is 5.26 Å². The fraction of sp³-hybridized carbons (Fsp3) is 0. The molecule has 0 bridgehead atoms. The predicted octanol–water partition coefficient (Wildman–Crippen LogP) is 10.6. The number of pyridine rings is 2. The summed E-state index contributed by atoms with van der Waals surface area (Å²) in [6.07, 6.45) is 3.69. The second-order valence-electron chi connectivity index (χ2n) is 11.7. The molecule has 6 nitrogen and oxygen atoms in total. The molecule has 0 spiro atoms. The van der Waals surface area contributed by atoms with Gasteiger partial charge in [-0.25, -0.2) is 0 Å². The molecule has 5 heterocycles. The first-order valence-electron chi connectivity index (χ1n) is 15.4. The van der Waals surface area contributed by atoms with Crippen LogP contribution >= 0.6 is 0 Å². The summed E-state index contributed by atoms with van der Waals surface area (Å²) >= 11 is 0. The van der Waals surface area contributed by atoms with Crippen LogP contribution in [0.4, 0.5) is 0 Å². The van der Waals surface area contributed by atoms with Gasteiger partial charge in [0, 0.05) is 50.8 Å². The lowest BCUT2D eigenvalue weighted by atomic mass is 9.97. The Hall–Kier alpha value is -6.71. The summed E-state index contributed by atoms with van der Waals surface area (Å²) in [4.78, 5) is 9.45. The zero-order valence-corrected chi connectivity index (χ0v) is 24.8. The molecule has 218 valence electrons. The summed E-state index contributed by atoms with van der Waals surface area (Å²) in [6.45, 7) is 0. The Bertz CT molecular complexity index is 2810. The second kappa shape index (κ2) is 9.64. The maximum absolute atomic E-state index is 9.71. The Labute approximate surface area is 267 Å². The van der Waals surface area contributed by atoms with E-state index in [0.717, 1.165) is 93.9 Å². The summed E-state index contributed by atoms with van der Waals surface area (Å²) in [7, 11) is 0. The van der Waals surface area contributed by atoms with E-state index >= 15 is 0 Å². The molecule has 0 N–H and O–H groups in total. The molecular formula is C41H22N4O2. The molecule has 0 aliphatic heterocycles. The molecule has 5 aromatic carbocycles. The number of fused-ring (bicyclic) bond motifs is 9. The number of aromatic nitrogens is 3. The van der Waals surface area contributed by atoms with Gasteiger partial charge in [0.05, 0.1) is 22.7 Å². The number of para-hydroxylation sites is 3. The molecule has 47 heavy (non-hydrogen) atoms. The van der Waals surface area contributed by atoms with E-state index in [2.05, 4.69) is 47.0 Å². The summed E-state index contributed by atoms with van der Waals surface area (Å²) in [5, 5.41) is 13.8. The molecule has 0 aliphatic rings. The molecule has 5 aromatic heterocycles. The average molecular weight is 603 g/mol. The van der Waals surface area contributed by atoms with Gasteiger partial charge in [-0.1, -0.05) is 42.5 Å². The van der Waals surface area contributed by atoms with Crippen LogP contribution in [0.1, 0.15) is 5.56 Å². The van der Waals surface area contributed by atoms with Gasteiger partial charge in [0.25, 0.3) is 0 Å². The molecule has 10 aromatic rings. The van der Waals surface area contributed by atoms with Crippen molar-refractivity contribution in [2.45, 2.75) is 0 Å². The predicted molar refractivity (Wildman–Crippen MR) is 187 cm³/mol. The van der Waals surface area contributed by atoms with E-state index in [9.17, 15) is 5.26 Å². The van der Waals surface area contributed by atoms with Gasteiger partial charge in [0.15, 0.2) is 11.2 Å². The zero-order chi connectivity index (χ0) is 31.1. The van der Waals surface area contributed by atoms with E-state index in [1.807, 2.05) is 97.3 Å². The van der Waals surface area contributed by atoms with Gasteiger partial charge in [-0.15, -0.1) is 0 Å². The molecule has 0 saturated heterocycles. The quantitative estimate of drug-likeness (QED) is 0.201. The van der Waals surface area contributed by atoms with Crippen LogP contribution in [0.2, 0.25) is 0 Å². The average Bonchev–Trinajstić information content (AvgIpc) is 3.80. The van der Waals surface area contributed by atoms with Crippen LogP contribution in [0.3, 0.4) is 0 Å². The van der Waals surface area contributed by atoms with Crippen LogP contribution in [0.15, 0.2) is 143 Å². The van der Waals surface area contributed by atoms with Crippen molar-refractivity contribution in [3.05, 3.63) is 139 Å². The molecular weight excluding hydrogens is 580 g/mol. The number of benzene rings is 5. The first kappa shape index (κ1) is 25.6. The number of furan rings is 2. The molecule has 6 heteroatoms. The van der Waals surface area contributed by atoms with Gasteiger partial charge in [-0.2, -0.15) is 5.26 Å². The Morgan fingerprint density at radius 3 is 1.70 bits per heavy atom. The molecule has 10 rings (SSSR count). The van der Waals surface area contributed by atoms with E-state index in [0.29, 0.717) is 5.56 Å². The molecule has 0 fully saturated rings. The number of nitriles is 1. The summed E-state index contributed by atoms with van der Waals surface area (Å²) < 4.78 is 15.2. The normalized spacial score (nSPS) is 11.8. The molecule has 0 saturated carbocycles. The minimum absolute atomic E-state index is 0.628. The largest absolute Gasteiger partial charge is 0.454 e. The highest BCUT2D eigenvalue weighted by Gasteiger charge is 2.20. The minimum atomic E-state index is 0.628. The molecule has 0 radical (unpaired) electrons. The Morgan fingerprint density at radius 1 is 0.532 bits per heavy atom. The SMILES string of the molecule is N#Cc1ccc2c(c1)c1ccccc1n2-c1cc(-c2ccnc3c2oc2ccccc23)cc(-c2ccnc3c2oc2ccccc23)c1. The van der Waals surface area contributed by atoms with Crippen LogP contribution < -0.4 is 0 Å². The lowest BCUT2D eigenvalue weighted by molar-refractivity contribution is 0.669. The minimum Gasteiger partial charge on any atom is -0.454 e. The van der Waals surface area contributed by atoms with Gasteiger partial charge in [-0.3, -0.25) is 9.97 Å². The zero-order valence-electron chi connectivity index (χ0n) is 24.8. The van der Waals surface area contributed by atoms with Crippen molar-refractivity contribution >= 4 is 65.9 Å². The standard InChI is InChI=1S/C41H22N4O2/c42-23-24-13-14-35-33(19-24)30-7-1-4-10-34(30)45(35)27-21-25(28-15-17-43-38-31-8-2-5-11-36(31)46-40(28)38)20-26(22-27)29-16-18-44-39-32-9-3-6-12-37(32)47-41(29)39/h1-22H. The Balaban J connectivity index is 1.32. The highest BCUT2D eigenvalue weighted by atomic mass is 16.3. The maximum atomic E-state index is 9.71. The van der Waals surface area contributed by atoms with Crippen LogP contribution in [-0.2, 0) is 0 Å². The third kappa shape index (κ3) is 3.71. The van der Waals surface area contributed by atoms with Crippen molar-refractivity contribution in [1.82, 2.24) is 14.5 Å². The van der Waals surface area contributed by atoms with Crippen molar-refractivity contribution in [2.24, 2.45) is 0 Å². The highest BCUT2D eigenvalue weighted by Crippen LogP contribution is 2.41. The van der Waals surface area contributed by atoms with Crippen LogP contribution in [0, 0.1) is 11.3 Å². The third-order valence-corrected chi connectivity index (χ3v) is 9.12. The van der Waals surface area contributed by atoms with Gasteiger partial charge in [0.2, 0.25) is 0 Å². The van der Waals surface area contributed by atoms with E-state index in [1.54, 1.807) is 0 Å². The summed E-state index contributed by atoms with van der Waals surface area (Å²) in [5.41, 5.74) is 12.2. The van der Waals surface area contributed by atoms with Crippen LogP contribution in [0.5, 0.6) is 0 Å². The smallest absolute Gasteiger partial charge is 0.161 e. The number of hydrogen-bond donors (Lipinski definition) is 0. The Kier molecular flexibility index (Phi) is 5.25. The number of rotatable bonds is 3. The summed E-state index contributed by atoms with van der Waals surface area (Å²) in [6, 6.07) is 43.2. The van der Waals surface area contributed by atoms with Crippen molar-refractivity contribution in [3.8, 4) is 34.0 Å². The van der Waals surface area contributed by atoms with Gasteiger partial charge >= 0.3 is 0 Å². The first-order chi connectivity index (χ1) is 23.2. The number of nitrogens with zero attached hydrogens (tertiary/aromatic N) is 4. The van der Waals surface area contributed by atoms with Crippen molar-refractivity contribution < 1.29 is 8.83 Å². The van der Waals surface area contributed by atoms with Crippen molar-refractivity contribution in [2.75, 3.05) is 0 Å². The first-order valence-corrected chi connectivity index (χ1v) is 15.4. The third-order valence-electron chi connectivity index (χ3n) is 9.12.